The molecule has 1 aromatic heterocycles. The summed E-state index contributed by atoms with van der Waals surface area (Å²) < 4.78 is 43.0. The van der Waals surface area contributed by atoms with Gasteiger partial charge in [0.2, 0.25) is 0 Å². The Labute approximate surface area is 118 Å². The number of nitriles is 1. The summed E-state index contributed by atoms with van der Waals surface area (Å²) in [7, 11) is 0. The lowest BCUT2D eigenvalue weighted by molar-refractivity contribution is -0.141. The molecule has 2 heterocycles. The Balaban J connectivity index is 2.40. The van der Waals surface area contributed by atoms with Crippen molar-refractivity contribution in [2.75, 3.05) is 31.1 Å². The molecule has 0 saturated carbocycles. The first-order chi connectivity index (χ1) is 9.93. The van der Waals surface area contributed by atoms with E-state index >= 15 is 0 Å². The second kappa shape index (κ2) is 5.97. The fourth-order valence-electron chi connectivity index (χ4n) is 2.00. The molecule has 0 aliphatic carbocycles. The summed E-state index contributed by atoms with van der Waals surface area (Å²) in [6.45, 7) is 2.32. The Morgan fingerprint density at radius 2 is 2.05 bits per heavy atom. The van der Waals surface area contributed by atoms with Crippen molar-refractivity contribution >= 4 is 11.8 Å². The summed E-state index contributed by atoms with van der Waals surface area (Å²) in [6, 6.07) is 2.29. The van der Waals surface area contributed by atoms with Gasteiger partial charge in [-0.15, -0.1) is 5.26 Å². The van der Waals surface area contributed by atoms with Crippen LogP contribution in [0.5, 0.6) is 0 Å². The van der Waals surface area contributed by atoms with Gasteiger partial charge in [0.05, 0.1) is 5.56 Å². The molecule has 2 rings (SSSR count). The van der Waals surface area contributed by atoms with E-state index in [4.69, 9.17) is 5.26 Å². The number of ether oxygens (including phenoxy) is 1. The summed E-state index contributed by atoms with van der Waals surface area (Å²) in [4.78, 5) is 16.6. The van der Waals surface area contributed by atoms with E-state index in [1.165, 1.54) is 6.07 Å². The van der Waals surface area contributed by atoms with Gasteiger partial charge in [0.25, 0.3) is 6.26 Å². The topological polar surface area (TPSA) is 78.2 Å². The minimum atomic E-state index is -4.81. The molecule has 1 aromatic rings. The molecule has 0 spiro atoms. The minimum absolute atomic E-state index is 0.136. The van der Waals surface area contributed by atoms with Crippen LogP contribution < -0.4 is 10.2 Å². The number of aromatic nitrogens is 1. The first-order valence-corrected chi connectivity index (χ1v) is 6.07. The van der Waals surface area contributed by atoms with Crippen LogP contribution in [-0.4, -0.2) is 37.1 Å². The number of hydrogen-bond donors (Lipinski definition) is 1. The lowest BCUT2D eigenvalue weighted by Crippen LogP contribution is -2.44. The number of carbonyl (C=O) groups excluding carboxylic acids is 1. The highest BCUT2D eigenvalue weighted by atomic mass is 19.4. The van der Waals surface area contributed by atoms with Crippen molar-refractivity contribution in [3.8, 4) is 6.26 Å². The minimum Gasteiger partial charge on any atom is -0.354 e. The molecular formula is C12H11F3N4O2. The predicted molar refractivity (Wildman–Crippen MR) is 65.4 cm³/mol. The van der Waals surface area contributed by atoms with Crippen LogP contribution in [0.3, 0.4) is 0 Å². The van der Waals surface area contributed by atoms with E-state index in [9.17, 15) is 18.0 Å². The van der Waals surface area contributed by atoms with Gasteiger partial charge < -0.3 is 15.0 Å². The van der Waals surface area contributed by atoms with Gasteiger partial charge in [-0.2, -0.15) is 13.2 Å². The van der Waals surface area contributed by atoms with Gasteiger partial charge in [-0.25, -0.2) is 9.78 Å². The van der Waals surface area contributed by atoms with Crippen molar-refractivity contribution in [1.29, 1.82) is 5.26 Å². The highest BCUT2D eigenvalue weighted by Gasteiger charge is 2.38. The van der Waals surface area contributed by atoms with Gasteiger partial charge in [0.15, 0.2) is 5.69 Å². The zero-order valence-electron chi connectivity index (χ0n) is 10.8. The van der Waals surface area contributed by atoms with Crippen LogP contribution in [-0.2, 0) is 10.9 Å². The summed E-state index contributed by atoms with van der Waals surface area (Å²) in [6.07, 6.45) is -3.75. The third-order valence-corrected chi connectivity index (χ3v) is 2.95. The Bertz CT molecular complexity index is 577. The Morgan fingerprint density at radius 1 is 1.38 bits per heavy atom. The van der Waals surface area contributed by atoms with E-state index < -0.39 is 23.4 Å². The van der Waals surface area contributed by atoms with Gasteiger partial charge in [-0.3, -0.25) is 0 Å². The molecule has 1 aliphatic rings. The van der Waals surface area contributed by atoms with Crippen LogP contribution in [0.4, 0.5) is 19.0 Å². The molecule has 1 N–H and O–H groups in total. The van der Waals surface area contributed by atoms with Crippen LogP contribution >= 0.6 is 0 Å². The first kappa shape index (κ1) is 15.1. The van der Waals surface area contributed by atoms with Crippen LogP contribution in [0.25, 0.3) is 0 Å². The third-order valence-electron chi connectivity index (χ3n) is 2.95. The van der Waals surface area contributed by atoms with E-state index in [-0.39, 0.29) is 5.82 Å². The number of pyridine rings is 1. The maximum absolute atomic E-state index is 13.0. The molecule has 9 heteroatoms. The van der Waals surface area contributed by atoms with Crippen LogP contribution in [0.15, 0.2) is 12.1 Å². The van der Waals surface area contributed by atoms with Crippen molar-refractivity contribution in [3.63, 3.8) is 0 Å². The maximum atomic E-state index is 13.0. The van der Waals surface area contributed by atoms with Crippen molar-refractivity contribution in [2.24, 2.45) is 0 Å². The van der Waals surface area contributed by atoms with E-state index in [0.29, 0.717) is 26.2 Å². The lowest BCUT2D eigenvalue weighted by atomic mass is 10.1. The quantitative estimate of drug-likeness (QED) is 0.652. The van der Waals surface area contributed by atoms with Crippen molar-refractivity contribution in [3.05, 3.63) is 23.4 Å². The number of esters is 1. The largest absolute Gasteiger partial charge is 0.434 e. The zero-order valence-corrected chi connectivity index (χ0v) is 10.8. The molecule has 6 nitrogen and oxygen atoms in total. The molecule has 0 unspecified atom stereocenters. The average molecular weight is 300 g/mol. The molecule has 21 heavy (non-hydrogen) atoms. The Kier molecular flexibility index (Phi) is 4.28. The van der Waals surface area contributed by atoms with Gasteiger partial charge in [-0.05, 0) is 12.1 Å². The number of nitrogens with one attached hydrogen (secondary N) is 1. The number of anilines is 1. The maximum Gasteiger partial charge on any atom is 0.434 e. The summed E-state index contributed by atoms with van der Waals surface area (Å²) in [5.41, 5.74) is -2.12. The number of carbonyl (C=O) groups is 1. The number of piperazine rings is 1. The Morgan fingerprint density at radius 3 is 2.62 bits per heavy atom. The number of rotatable bonds is 2. The van der Waals surface area contributed by atoms with Crippen molar-refractivity contribution < 1.29 is 22.7 Å². The highest BCUT2D eigenvalue weighted by molar-refractivity contribution is 5.91. The van der Waals surface area contributed by atoms with E-state index in [1.54, 1.807) is 4.90 Å². The molecule has 1 fully saturated rings. The molecule has 0 aromatic carbocycles. The smallest absolute Gasteiger partial charge is 0.354 e. The fraction of sp³-hybridized carbons (Fsp3) is 0.417. The molecule has 0 atom stereocenters. The molecule has 0 radical (unpaired) electrons. The number of halogens is 3. The first-order valence-electron chi connectivity index (χ1n) is 6.07. The molecule has 0 amide bonds. The second-order valence-electron chi connectivity index (χ2n) is 4.28. The summed E-state index contributed by atoms with van der Waals surface area (Å²) >= 11 is 0. The zero-order chi connectivity index (χ0) is 15.5. The van der Waals surface area contributed by atoms with E-state index in [0.717, 1.165) is 12.3 Å². The lowest BCUT2D eigenvalue weighted by Gasteiger charge is -2.29. The predicted octanol–water partition coefficient (Wildman–Crippen LogP) is 1.15. The van der Waals surface area contributed by atoms with Crippen LogP contribution in [0.1, 0.15) is 16.1 Å². The van der Waals surface area contributed by atoms with E-state index in [1.807, 2.05) is 0 Å². The van der Waals surface area contributed by atoms with Gasteiger partial charge in [0.1, 0.15) is 5.82 Å². The second-order valence-corrected chi connectivity index (χ2v) is 4.28. The molecular weight excluding hydrogens is 289 g/mol. The van der Waals surface area contributed by atoms with Crippen LogP contribution in [0, 0.1) is 11.5 Å². The number of alkyl halides is 3. The van der Waals surface area contributed by atoms with Gasteiger partial charge in [0, 0.05) is 26.2 Å². The number of hydrogen-bond acceptors (Lipinski definition) is 6. The summed E-state index contributed by atoms with van der Waals surface area (Å²) in [5, 5.41) is 11.3. The van der Waals surface area contributed by atoms with Gasteiger partial charge >= 0.3 is 12.1 Å². The Hall–Kier alpha value is -2.34. The molecule has 1 saturated heterocycles. The SMILES string of the molecule is N#COC(=O)c1ccc(N2CCNCC2)nc1C(F)(F)F. The monoisotopic (exact) mass is 300 g/mol. The van der Waals surface area contributed by atoms with Gasteiger partial charge in [-0.1, -0.05) is 0 Å². The highest BCUT2D eigenvalue weighted by Crippen LogP contribution is 2.32. The van der Waals surface area contributed by atoms with E-state index in [2.05, 4.69) is 15.0 Å². The van der Waals surface area contributed by atoms with Crippen molar-refractivity contribution in [1.82, 2.24) is 10.3 Å². The molecule has 112 valence electrons. The van der Waals surface area contributed by atoms with Crippen molar-refractivity contribution in [2.45, 2.75) is 6.18 Å². The third kappa shape index (κ3) is 3.41. The molecule has 1 aliphatic heterocycles. The number of nitrogens with zero attached hydrogens (tertiary/aromatic N) is 3. The summed E-state index contributed by atoms with van der Waals surface area (Å²) in [5.74, 6) is -1.23. The standard InChI is InChI=1S/C12H11F3N4O2/c13-12(14,15)10-8(11(20)21-7-16)1-2-9(18-10)19-5-3-17-4-6-19/h1-2,17H,3-6H2. The average Bonchev–Trinajstić information content (AvgIpc) is 2.47. The molecule has 0 bridgehead atoms. The fourth-order valence-corrected chi connectivity index (χ4v) is 2.00. The van der Waals surface area contributed by atoms with Crippen LogP contribution in [0.2, 0.25) is 0 Å². The normalized spacial score (nSPS) is 15.4.